The van der Waals surface area contributed by atoms with Crippen LogP contribution in [0.1, 0.15) is 57.2 Å². The van der Waals surface area contributed by atoms with Crippen molar-refractivity contribution in [3.05, 3.63) is 42.0 Å². The van der Waals surface area contributed by atoms with Gasteiger partial charge in [0.25, 0.3) is 0 Å². The summed E-state index contributed by atoms with van der Waals surface area (Å²) in [6.07, 6.45) is 5.55. The molecule has 0 N–H and O–H groups in total. The Kier molecular flexibility index (Phi) is 4.43. The molecular weight excluding hydrogens is 234 g/mol. The first-order valence-electron chi connectivity index (χ1n) is 7.18. The van der Waals surface area contributed by atoms with Crippen molar-refractivity contribution >= 4 is 6.08 Å². The molecule has 19 heavy (non-hydrogen) atoms. The SMILES string of the molecule is C=Cc1cccc(C2CCCCN2OC(C)(C)C)c1. The molecule has 0 amide bonds. The van der Waals surface area contributed by atoms with Crippen LogP contribution in [0.25, 0.3) is 6.08 Å². The molecule has 0 saturated carbocycles. The van der Waals surface area contributed by atoms with Gasteiger partial charge in [-0.1, -0.05) is 43.3 Å². The van der Waals surface area contributed by atoms with E-state index in [0.717, 1.165) is 13.0 Å². The molecule has 1 aromatic carbocycles. The number of hydrogen-bond acceptors (Lipinski definition) is 2. The highest BCUT2D eigenvalue weighted by atomic mass is 16.7. The van der Waals surface area contributed by atoms with Crippen LogP contribution in [-0.4, -0.2) is 17.2 Å². The molecule has 1 aliphatic heterocycles. The predicted molar refractivity (Wildman–Crippen MR) is 80.7 cm³/mol. The van der Waals surface area contributed by atoms with Crippen LogP contribution in [0.3, 0.4) is 0 Å². The van der Waals surface area contributed by atoms with Gasteiger partial charge in [0.05, 0.1) is 11.6 Å². The van der Waals surface area contributed by atoms with E-state index in [-0.39, 0.29) is 5.60 Å². The normalized spacial score (nSPS) is 21.3. The second kappa shape index (κ2) is 5.89. The lowest BCUT2D eigenvalue weighted by atomic mass is 9.95. The van der Waals surface area contributed by atoms with Crippen LogP contribution in [0.5, 0.6) is 0 Å². The Labute approximate surface area is 117 Å². The largest absolute Gasteiger partial charge is 0.293 e. The zero-order valence-corrected chi connectivity index (χ0v) is 12.4. The van der Waals surface area contributed by atoms with Gasteiger partial charge in [-0.25, -0.2) is 0 Å². The van der Waals surface area contributed by atoms with E-state index in [4.69, 9.17) is 4.84 Å². The zero-order chi connectivity index (χ0) is 13.9. The third-order valence-electron chi connectivity index (χ3n) is 3.38. The van der Waals surface area contributed by atoms with Crippen LogP contribution in [0.15, 0.2) is 30.8 Å². The van der Waals surface area contributed by atoms with Gasteiger partial charge < -0.3 is 0 Å². The van der Waals surface area contributed by atoms with E-state index < -0.39 is 0 Å². The van der Waals surface area contributed by atoms with E-state index in [2.05, 4.69) is 56.7 Å². The third kappa shape index (κ3) is 3.92. The van der Waals surface area contributed by atoms with Gasteiger partial charge in [0.15, 0.2) is 0 Å². The Balaban J connectivity index is 2.20. The van der Waals surface area contributed by atoms with Crippen molar-refractivity contribution in [2.45, 2.75) is 51.7 Å². The highest BCUT2D eigenvalue weighted by Gasteiger charge is 2.28. The zero-order valence-electron chi connectivity index (χ0n) is 12.4. The van der Waals surface area contributed by atoms with E-state index in [1.165, 1.54) is 24.0 Å². The van der Waals surface area contributed by atoms with Gasteiger partial charge in [0.2, 0.25) is 0 Å². The molecule has 1 heterocycles. The van der Waals surface area contributed by atoms with Crippen molar-refractivity contribution in [2.75, 3.05) is 6.54 Å². The van der Waals surface area contributed by atoms with E-state index in [1.54, 1.807) is 0 Å². The fraction of sp³-hybridized carbons (Fsp3) is 0.529. The Hall–Kier alpha value is -1.12. The summed E-state index contributed by atoms with van der Waals surface area (Å²) in [6, 6.07) is 8.99. The van der Waals surface area contributed by atoms with E-state index in [9.17, 15) is 0 Å². The maximum atomic E-state index is 6.13. The molecule has 1 unspecified atom stereocenters. The Morgan fingerprint density at radius 2 is 2.11 bits per heavy atom. The molecule has 1 atom stereocenters. The summed E-state index contributed by atoms with van der Waals surface area (Å²) >= 11 is 0. The highest BCUT2D eigenvalue weighted by Crippen LogP contribution is 2.33. The molecule has 1 saturated heterocycles. The lowest BCUT2D eigenvalue weighted by Crippen LogP contribution is -2.39. The van der Waals surface area contributed by atoms with Crippen molar-refractivity contribution in [1.29, 1.82) is 0 Å². The topological polar surface area (TPSA) is 12.5 Å². The van der Waals surface area contributed by atoms with E-state index >= 15 is 0 Å². The first kappa shape index (κ1) is 14.3. The molecule has 2 nitrogen and oxygen atoms in total. The maximum Gasteiger partial charge on any atom is 0.0816 e. The van der Waals surface area contributed by atoms with Gasteiger partial charge in [0.1, 0.15) is 0 Å². The third-order valence-corrected chi connectivity index (χ3v) is 3.38. The summed E-state index contributed by atoms with van der Waals surface area (Å²) in [5.41, 5.74) is 2.38. The van der Waals surface area contributed by atoms with E-state index in [1.807, 2.05) is 6.08 Å². The molecule has 2 rings (SSSR count). The van der Waals surface area contributed by atoms with Crippen LogP contribution in [0, 0.1) is 0 Å². The summed E-state index contributed by atoms with van der Waals surface area (Å²) in [5.74, 6) is 0. The lowest BCUT2D eigenvalue weighted by molar-refractivity contribution is -0.260. The summed E-state index contributed by atoms with van der Waals surface area (Å²) in [6.45, 7) is 11.2. The van der Waals surface area contributed by atoms with Crippen LogP contribution >= 0.6 is 0 Å². The number of rotatable bonds is 3. The highest BCUT2D eigenvalue weighted by molar-refractivity contribution is 5.48. The van der Waals surface area contributed by atoms with Crippen molar-refractivity contribution < 1.29 is 4.84 Å². The maximum absolute atomic E-state index is 6.13. The molecule has 0 aliphatic carbocycles. The second-order valence-electron chi connectivity index (χ2n) is 6.23. The Morgan fingerprint density at radius 1 is 1.32 bits per heavy atom. The first-order valence-corrected chi connectivity index (χ1v) is 7.18. The summed E-state index contributed by atoms with van der Waals surface area (Å²) in [5, 5.41) is 2.17. The predicted octanol–water partition coefficient (Wildman–Crippen LogP) is 4.59. The van der Waals surface area contributed by atoms with Gasteiger partial charge in [-0.15, -0.1) is 0 Å². The van der Waals surface area contributed by atoms with Crippen molar-refractivity contribution in [3.8, 4) is 0 Å². The van der Waals surface area contributed by atoms with Gasteiger partial charge in [0, 0.05) is 6.54 Å². The quantitative estimate of drug-likeness (QED) is 0.787. The smallest absolute Gasteiger partial charge is 0.0816 e. The minimum Gasteiger partial charge on any atom is -0.293 e. The summed E-state index contributed by atoms with van der Waals surface area (Å²) in [7, 11) is 0. The summed E-state index contributed by atoms with van der Waals surface area (Å²) in [4.78, 5) is 6.13. The molecule has 0 radical (unpaired) electrons. The molecule has 1 aromatic rings. The van der Waals surface area contributed by atoms with E-state index in [0.29, 0.717) is 6.04 Å². The molecule has 0 spiro atoms. The summed E-state index contributed by atoms with van der Waals surface area (Å²) < 4.78 is 0. The van der Waals surface area contributed by atoms with Crippen molar-refractivity contribution in [3.63, 3.8) is 0 Å². The average molecular weight is 259 g/mol. The Morgan fingerprint density at radius 3 is 2.79 bits per heavy atom. The van der Waals surface area contributed by atoms with Gasteiger partial charge in [-0.2, -0.15) is 5.06 Å². The molecule has 0 bridgehead atoms. The van der Waals surface area contributed by atoms with Crippen LogP contribution in [-0.2, 0) is 4.84 Å². The first-order chi connectivity index (χ1) is 8.99. The monoisotopic (exact) mass is 259 g/mol. The number of hydrogen-bond donors (Lipinski definition) is 0. The van der Waals surface area contributed by atoms with Crippen LogP contribution in [0.4, 0.5) is 0 Å². The molecule has 1 aliphatic rings. The van der Waals surface area contributed by atoms with Crippen LogP contribution < -0.4 is 0 Å². The van der Waals surface area contributed by atoms with Crippen LogP contribution in [0.2, 0.25) is 0 Å². The molecule has 2 heteroatoms. The fourth-order valence-corrected chi connectivity index (χ4v) is 2.59. The minimum absolute atomic E-state index is 0.133. The average Bonchev–Trinajstić information content (AvgIpc) is 2.37. The molecule has 104 valence electrons. The number of benzene rings is 1. The molecule has 1 fully saturated rings. The molecule has 0 aromatic heterocycles. The van der Waals surface area contributed by atoms with Crippen molar-refractivity contribution in [2.24, 2.45) is 0 Å². The Bertz CT molecular complexity index is 433. The van der Waals surface area contributed by atoms with Gasteiger partial charge >= 0.3 is 0 Å². The van der Waals surface area contributed by atoms with Gasteiger partial charge in [-0.3, -0.25) is 4.84 Å². The van der Waals surface area contributed by atoms with Gasteiger partial charge in [-0.05, 0) is 44.7 Å². The minimum atomic E-state index is -0.133. The number of nitrogens with zero attached hydrogens (tertiary/aromatic N) is 1. The fourth-order valence-electron chi connectivity index (χ4n) is 2.59. The lowest BCUT2D eigenvalue weighted by Gasteiger charge is -2.39. The second-order valence-corrected chi connectivity index (χ2v) is 6.23. The van der Waals surface area contributed by atoms with Crippen molar-refractivity contribution in [1.82, 2.24) is 5.06 Å². The standard InChI is InChI=1S/C17H25NO/c1-5-14-9-8-10-15(13-14)16-11-6-7-12-18(16)19-17(2,3)4/h5,8-10,13,16H,1,6-7,11-12H2,2-4H3. The number of hydroxylamine groups is 2. The number of piperidine rings is 1. The molecular formula is C17H25NO.